The van der Waals surface area contributed by atoms with Crippen molar-refractivity contribution in [2.24, 2.45) is 0 Å². The molecule has 0 aliphatic carbocycles. The number of carbonyl (C=O) groups excluding carboxylic acids is 2. The Morgan fingerprint density at radius 1 is 1.11 bits per heavy atom. The van der Waals surface area contributed by atoms with E-state index in [1.54, 1.807) is 0 Å². The van der Waals surface area contributed by atoms with Crippen LogP contribution in [0.5, 0.6) is 0 Å². The summed E-state index contributed by atoms with van der Waals surface area (Å²) in [7, 11) is 1.42. The van der Waals surface area contributed by atoms with Crippen LogP contribution in [-0.4, -0.2) is 116 Å². The lowest BCUT2D eigenvalue weighted by atomic mass is 10.0. The number of carbonyl (C=O) groups is 2. The summed E-state index contributed by atoms with van der Waals surface area (Å²) in [6.45, 7) is 11.9. The summed E-state index contributed by atoms with van der Waals surface area (Å²) < 4.78 is 10.4. The maximum Gasteiger partial charge on any atom is 0.410 e. The minimum Gasteiger partial charge on any atom is -0.468 e. The Morgan fingerprint density at radius 2 is 1.74 bits per heavy atom. The molecule has 3 heterocycles. The normalized spacial score (nSPS) is 26.6. The topological polar surface area (TPSA) is 65.6 Å². The molecule has 3 rings (SSSR count). The van der Waals surface area contributed by atoms with Crippen molar-refractivity contribution in [2.45, 2.75) is 44.9 Å². The molecule has 0 spiro atoms. The van der Waals surface area contributed by atoms with Crippen LogP contribution >= 0.6 is 0 Å². The van der Waals surface area contributed by atoms with Crippen molar-refractivity contribution in [3.63, 3.8) is 0 Å². The molecule has 3 fully saturated rings. The number of methoxy groups -OCH3 is 1. The SMILES string of the molecule is COC(=O)CN1CCN(CC2CN(C3CCN(C(C)C)CC3)C(=O)O2)CC1. The number of likely N-dealkylation sites (tertiary alicyclic amines) is 1. The number of esters is 1. The van der Waals surface area contributed by atoms with Gasteiger partial charge in [-0.1, -0.05) is 0 Å². The smallest absolute Gasteiger partial charge is 0.410 e. The van der Waals surface area contributed by atoms with Gasteiger partial charge in [-0.15, -0.1) is 0 Å². The molecule has 0 aromatic heterocycles. The molecule has 8 nitrogen and oxygen atoms in total. The van der Waals surface area contributed by atoms with E-state index in [9.17, 15) is 9.59 Å². The highest BCUT2D eigenvalue weighted by Gasteiger charge is 2.38. The largest absolute Gasteiger partial charge is 0.468 e. The number of piperidine rings is 1. The Kier molecular flexibility index (Phi) is 6.94. The van der Waals surface area contributed by atoms with Crippen LogP contribution in [-0.2, 0) is 14.3 Å². The van der Waals surface area contributed by atoms with Gasteiger partial charge in [0.2, 0.25) is 0 Å². The van der Waals surface area contributed by atoms with Gasteiger partial charge in [-0.3, -0.25) is 14.6 Å². The molecule has 3 saturated heterocycles. The van der Waals surface area contributed by atoms with Gasteiger partial charge in [-0.05, 0) is 26.7 Å². The highest BCUT2D eigenvalue weighted by atomic mass is 16.6. The fourth-order valence-electron chi connectivity index (χ4n) is 4.31. The summed E-state index contributed by atoms with van der Waals surface area (Å²) >= 11 is 0. The third-order valence-corrected chi connectivity index (χ3v) is 6.08. The van der Waals surface area contributed by atoms with Gasteiger partial charge in [0, 0.05) is 57.9 Å². The van der Waals surface area contributed by atoms with E-state index in [0.29, 0.717) is 25.2 Å². The van der Waals surface area contributed by atoms with Crippen molar-refractivity contribution in [3.05, 3.63) is 0 Å². The molecule has 0 N–H and O–H groups in total. The molecule has 0 aromatic rings. The van der Waals surface area contributed by atoms with E-state index < -0.39 is 0 Å². The average molecular weight is 383 g/mol. The molecule has 0 saturated carbocycles. The van der Waals surface area contributed by atoms with Crippen molar-refractivity contribution in [1.29, 1.82) is 0 Å². The lowest BCUT2D eigenvalue weighted by molar-refractivity contribution is -0.142. The first kappa shape index (κ1) is 20.4. The van der Waals surface area contributed by atoms with Crippen LogP contribution in [0.15, 0.2) is 0 Å². The van der Waals surface area contributed by atoms with Gasteiger partial charge in [-0.25, -0.2) is 4.79 Å². The molecule has 1 amide bonds. The van der Waals surface area contributed by atoms with Crippen LogP contribution in [0.25, 0.3) is 0 Å². The second kappa shape index (κ2) is 9.21. The Hall–Kier alpha value is -1.38. The summed E-state index contributed by atoms with van der Waals surface area (Å²) in [5, 5.41) is 0. The molecule has 1 atom stereocenters. The molecule has 8 heteroatoms. The summed E-state index contributed by atoms with van der Waals surface area (Å²) in [4.78, 5) is 32.6. The van der Waals surface area contributed by atoms with Crippen LogP contribution in [0, 0.1) is 0 Å². The first-order chi connectivity index (χ1) is 13.0. The van der Waals surface area contributed by atoms with Gasteiger partial charge < -0.3 is 19.3 Å². The number of nitrogens with zero attached hydrogens (tertiary/aromatic N) is 4. The summed E-state index contributed by atoms with van der Waals surface area (Å²) in [6, 6.07) is 0.886. The molecule has 27 heavy (non-hydrogen) atoms. The molecule has 1 unspecified atom stereocenters. The Balaban J connectivity index is 1.40. The Bertz CT molecular complexity index is 514. The molecule has 0 bridgehead atoms. The lowest BCUT2D eigenvalue weighted by Crippen LogP contribution is -2.50. The molecular weight excluding hydrogens is 348 g/mol. The number of piperazine rings is 1. The van der Waals surface area contributed by atoms with E-state index in [4.69, 9.17) is 9.47 Å². The summed E-state index contributed by atoms with van der Waals surface area (Å²) in [5.74, 6) is -0.188. The second-order valence-corrected chi connectivity index (χ2v) is 8.17. The van der Waals surface area contributed by atoms with Crippen molar-refractivity contribution < 1.29 is 19.1 Å². The van der Waals surface area contributed by atoms with Gasteiger partial charge in [0.25, 0.3) is 0 Å². The lowest BCUT2D eigenvalue weighted by Gasteiger charge is -2.37. The quantitative estimate of drug-likeness (QED) is 0.619. The number of cyclic esters (lactones) is 1. The predicted octanol–water partition coefficient (Wildman–Crippen LogP) is 0.471. The summed E-state index contributed by atoms with van der Waals surface area (Å²) in [6.07, 6.45) is 1.87. The van der Waals surface area contributed by atoms with E-state index in [1.807, 2.05) is 4.90 Å². The van der Waals surface area contributed by atoms with Gasteiger partial charge >= 0.3 is 12.1 Å². The zero-order chi connectivity index (χ0) is 19.4. The van der Waals surface area contributed by atoms with Crippen LogP contribution in [0.4, 0.5) is 4.79 Å². The maximum atomic E-state index is 12.4. The van der Waals surface area contributed by atoms with Gasteiger partial charge in [0.15, 0.2) is 0 Å². The number of rotatable bonds is 6. The van der Waals surface area contributed by atoms with E-state index >= 15 is 0 Å². The van der Waals surface area contributed by atoms with Gasteiger partial charge in [0.1, 0.15) is 6.10 Å². The third kappa shape index (κ3) is 5.33. The molecule has 3 aliphatic heterocycles. The van der Waals surface area contributed by atoms with E-state index in [-0.39, 0.29) is 18.2 Å². The fraction of sp³-hybridized carbons (Fsp3) is 0.895. The van der Waals surface area contributed by atoms with E-state index in [0.717, 1.165) is 58.7 Å². The molecule has 3 aliphatic rings. The van der Waals surface area contributed by atoms with Crippen LogP contribution < -0.4 is 0 Å². The molecule has 0 radical (unpaired) electrons. The standard InChI is InChI=1S/C19H34N4O4/c1-15(2)22-6-4-16(5-7-22)23-13-17(27-19(23)25)12-20-8-10-21(11-9-20)14-18(24)26-3/h15-17H,4-14H2,1-3H3. The summed E-state index contributed by atoms with van der Waals surface area (Å²) in [5.41, 5.74) is 0. The monoisotopic (exact) mass is 382 g/mol. The van der Waals surface area contributed by atoms with Crippen molar-refractivity contribution >= 4 is 12.1 Å². The molecule has 154 valence electrons. The zero-order valence-corrected chi connectivity index (χ0v) is 16.9. The fourth-order valence-corrected chi connectivity index (χ4v) is 4.31. The van der Waals surface area contributed by atoms with Crippen LogP contribution in [0.2, 0.25) is 0 Å². The Morgan fingerprint density at radius 3 is 2.33 bits per heavy atom. The number of amides is 1. The highest BCUT2D eigenvalue weighted by Crippen LogP contribution is 2.24. The number of hydrogen-bond acceptors (Lipinski definition) is 7. The van der Waals surface area contributed by atoms with Gasteiger partial charge in [0.05, 0.1) is 20.2 Å². The van der Waals surface area contributed by atoms with E-state index in [1.165, 1.54) is 7.11 Å². The van der Waals surface area contributed by atoms with Crippen LogP contribution in [0.1, 0.15) is 26.7 Å². The minimum atomic E-state index is -0.188. The average Bonchev–Trinajstić information content (AvgIpc) is 3.03. The first-order valence-electron chi connectivity index (χ1n) is 10.2. The third-order valence-electron chi connectivity index (χ3n) is 6.08. The second-order valence-electron chi connectivity index (χ2n) is 8.17. The molecule has 0 aromatic carbocycles. The highest BCUT2D eigenvalue weighted by molar-refractivity contribution is 5.71. The number of hydrogen-bond donors (Lipinski definition) is 0. The predicted molar refractivity (Wildman–Crippen MR) is 102 cm³/mol. The Labute approximate surface area is 162 Å². The van der Waals surface area contributed by atoms with Crippen molar-refractivity contribution in [3.8, 4) is 0 Å². The van der Waals surface area contributed by atoms with Crippen molar-refractivity contribution in [1.82, 2.24) is 19.6 Å². The van der Waals surface area contributed by atoms with Gasteiger partial charge in [-0.2, -0.15) is 0 Å². The minimum absolute atomic E-state index is 0.0483. The maximum absolute atomic E-state index is 12.4. The van der Waals surface area contributed by atoms with Crippen LogP contribution in [0.3, 0.4) is 0 Å². The van der Waals surface area contributed by atoms with E-state index in [2.05, 4.69) is 28.5 Å². The number of ether oxygens (including phenoxy) is 2. The molecular formula is C19H34N4O4. The van der Waals surface area contributed by atoms with Crippen molar-refractivity contribution in [2.75, 3.05) is 66.0 Å². The zero-order valence-electron chi connectivity index (χ0n) is 16.9. The first-order valence-corrected chi connectivity index (χ1v) is 10.2.